The third-order valence-corrected chi connectivity index (χ3v) is 8.85. The van der Waals surface area contributed by atoms with E-state index in [0.29, 0.717) is 13.0 Å². The van der Waals surface area contributed by atoms with E-state index in [1.165, 1.54) is 35.2 Å². The zero-order valence-corrected chi connectivity index (χ0v) is 21.7. The molecule has 2 heterocycles. The van der Waals surface area contributed by atoms with E-state index < -0.39 is 15.7 Å². The van der Waals surface area contributed by atoms with Gasteiger partial charge in [0.2, 0.25) is 9.84 Å². The van der Waals surface area contributed by atoms with Crippen LogP contribution in [0, 0.1) is 0 Å². The molecule has 39 heavy (non-hydrogen) atoms. The van der Waals surface area contributed by atoms with Crippen molar-refractivity contribution in [3.8, 4) is 0 Å². The fraction of sp³-hybridized carbons (Fsp3) is 0.0968. The minimum atomic E-state index is -4.00. The molecule has 0 bridgehead atoms. The second kappa shape index (κ2) is 9.89. The molecule has 0 radical (unpaired) electrons. The Labute approximate surface area is 226 Å². The van der Waals surface area contributed by atoms with Gasteiger partial charge in [0.25, 0.3) is 11.8 Å². The summed E-state index contributed by atoms with van der Waals surface area (Å²) in [5.74, 6) is -0.780. The van der Waals surface area contributed by atoms with Gasteiger partial charge in [0, 0.05) is 29.2 Å². The van der Waals surface area contributed by atoms with E-state index in [4.69, 9.17) is 0 Å². The molecule has 2 amide bonds. The van der Waals surface area contributed by atoms with Crippen molar-refractivity contribution in [1.82, 2.24) is 10.3 Å². The van der Waals surface area contributed by atoms with E-state index in [1.807, 2.05) is 60.8 Å². The maximum atomic E-state index is 13.7. The van der Waals surface area contributed by atoms with Crippen LogP contribution in [-0.2, 0) is 22.8 Å². The van der Waals surface area contributed by atoms with Crippen molar-refractivity contribution in [3.05, 3.63) is 126 Å². The fourth-order valence-corrected chi connectivity index (χ4v) is 6.65. The Morgan fingerprint density at radius 2 is 1.59 bits per heavy atom. The van der Waals surface area contributed by atoms with E-state index in [0.717, 1.165) is 22.0 Å². The van der Waals surface area contributed by atoms with Gasteiger partial charge in [-0.1, -0.05) is 60.7 Å². The molecule has 6 rings (SSSR count). The molecule has 1 aromatic heterocycles. The molecule has 5 aromatic rings. The fourth-order valence-electron chi connectivity index (χ4n) is 5.02. The van der Waals surface area contributed by atoms with Crippen molar-refractivity contribution in [3.63, 3.8) is 0 Å². The van der Waals surface area contributed by atoms with Gasteiger partial charge in [-0.3, -0.25) is 9.59 Å². The van der Waals surface area contributed by atoms with Crippen LogP contribution in [0.3, 0.4) is 0 Å². The molecule has 0 saturated carbocycles. The summed E-state index contributed by atoms with van der Waals surface area (Å²) >= 11 is 0. The summed E-state index contributed by atoms with van der Waals surface area (Å²) in [6.45, 7) is 0.552. The van der Waals surface area contributed by atoms with Crippen LogP contribution in [0.1, 0.15) is 31.8 Å². The molecule has 0 unspecified atom stereocenters. The number of nitrogens with one attached hydrogen (secondary N) is 2. The van der Waals surface area contributed by atoms with Crippen LogP contribution in [0.15, 0.2) is 113 Å². The zero-order chi connectivity index (χ0) is 27.0. The lowest BCUT2D eigenvalue weighted by atomic mass is 10.1. The van der Waals surface area contributed by atoms with E-state index >= 15 is 0 Å². The first kappa shape index (κ1) is 24.6. The SMILES string of the molecule is O=C(NCCc1c[nH]c2ccccc12)c1ccc2c(c1)N(Cc1ccccc1)C(=O)c1ccccc1S2(=O)=O. The van der Waals surface area contributed by atoms with Crippen molar-refractivity contribution in [1.29, 1.82) is 0 Å². The van der Waals surface area contributed by atoms with Crippen LogP contribution < -0.4 is 10.2 Å². The Balaban J connectivity index is 1.33. The van der Waals surface area contributed by atoms with Crippen molar-refractivity contribution < 1.29 is 18.0 Å². The molecule has 194 valence electrons. The number of hydrogen-bond acceptors (Lipinski definition) is 4. The number of H-pyrrole nitrogens is 1. The van der Waals surface area contributed by atoms with Gasteiger partial charge in [-0.25, -0.2) is 8.42 Å². The Morgan fingerprint density at radius 3 is 2.44 bits per heavy atom. The van der Waals surface area contributed by atoms with Gasteiger partial charge in [0.1, 0.15) is 0 Å². The summed E-state index contributed by atoms with van der Waals surface area (Å²) in [5.41, 5.74) is 3.53. The van der Waals surface area contributed by atoms with E-state index in [1.54, 1.807) is 12.1 Å². The predicted molar refractivity (Wildman–Crippen MR) is 150 cm³/mol. The van der Waals surface area contributed by atoms with Gasteiger partial charge in [0.05, 0.1) is 27.6 Å². The van der Waals surface area contributed by atoms with E-state index in [2.05, 4.69) is 10.3 Å². The summed E-state index contributed by atoms with van der Waals surface area (Å²) in [5, 5.41) is 4.04. The van der Waals surface area contributed by atoms with Gasteiger partial charge in [-0.2, -0.15) is 0 Å². The van der Waals surface area contributed by atoms with Crippen molar-refractivity contribution >= 4 is 38.2 Å². The van der Waals surface area contributed by atoms with Crippen LogP contribution in [0.25, 0.3) is 10.9 Å². The minimum Gasteiger partial charge on any atom is -0.361 e. The van der Waals surface area contributed by atoms with Gasteiger partial charge in [0.15, 0.2) is 0 Å². The predicted octanol–water partition coefficient (Wildman–Crippen LogP) is 5.13. The van der Waals surface area contributed by atoms with Gasteiger partial charge in [-0.15, -0.1) is 0 Å². The highest BCUT2D eigenvalue weighted by molar-refractivity contribution is 7.91. The second-order valence-corrected chi connectivity index (χ2v) is 11.3. The molecule has 1 aliphatic rings. The van der Waals surface area contributed by atoms with Gasteiger partial charge < -0.3 is 15.2 Å². The maximum Gasteiger partial charge on any atom is 0.259 e. The first-order valence-electron chi connectivity index (χ1n) is 12.6. The summed E-state index contributed by atoms with van der Waals surface area (Å²) in [7, 11) is -4.00. The highest BCUT2D eigenvalue weighted by atomic mass is 32.2. The van der Waals surface area contributed by atoms with Crippen LogP contribution in [0.4, 0.5) is 5.69 Å². The summed E-state index contributed by atoms with van der Waals surface area (Å²) < 4.78 is 27.3. The number of nitrogens with zero attached hydrogens (tertiary/aromatic N) is 1. The van der Waals surface area contributed by atoms with Gasteiger partial charge in [-0.05, 0) is 53.9 Å². The summed E-state index contributed by atoms with van der Waals surface area (Å²) in [6.07, 6.45) is 2.57. The minimum absolute atomic E-state index is 0.00734. The Kier molecular flexibility index (Phi) is 6.24. The number of fused-ring (bicyclic) bond motifs is 3. The van der Waals surface area contributed by atoms with Crippen LogP contribution >= 0.6 is 0 Å². The third kappa shape index (κ3) is 4.49. The number of aromatic amines is 1. The Morgan fingerprint density at radius 1 is 0.846 bits per heavy atom. The highest BCUT2D eigenvalue weighted by Crippen LogP contribution is 2.38. The normalized spacial score (nSPS) is 13.9. The molecule has 0 spiro atoms. The summed E-state index contributed by atoms with van der Waals surface area (Å²) in [6, 6.07) is 28.0. The number of carbonyl (C=O) groups excluding carboxylic acids is 2. The lowest BCUT2D eigenvalue weighted by Crippen LogP contribution is -2.31. The standard InChI is InChI=1S/C31H25N3O4S/c35-30(32-17-16-23-19-33-26-12-6-4-10-24(23)26)22-14-15-29-27(18-22)34(20-21-8-2-1-3-9-21)31(36)25-11-5-7-13-28(25)39(29,37)38/h1-15,18-19,33H,16-17,20H2,(H,32,35). The first-order valence-corrected chi connectivity index (χ1v) is 14.1. The number of hydrogen-bond donors (Lipinski definition) is 2. The average Bonchev–Trinajstić information content (AvgIpc) is 3.36. The lowest BCUT2D eigenvalue weighted by Gasteiger charge is -2.23. The van der Waals surface area contributed by atoms with Crippen molar-refractivity contribution in [2.75, 3.05) is 11.4 Å². The van der Waals surface area contributed by atoms with E-state index in [-0.39, 0.29) is 39.1 Å². The van der Waals surface area contributed by atoms with Crippen LogP contribution in [0.2, 0.25) is 0 Å². The number of amides is 2. The number of aromatic nitrogens is 1. The van der Waals surface area contributed by atoms with Crippen LogP contribution in [0.5, 0.6) is 0 Å². The molecular formula is C31H25N3O4S. The topological polar surface area (TPSA) is 99.3 Å². The lowest BCUT2D eigenvalue weighted by molar-refractivity contribution is 0.0950. The third-order valence-electron chi connectivity index (χ3n) is 6.99. The highest BCUT2D eigenvalue weighted by Gasteiger charge is 2.36. The molecule has 0 fully saturated rings. The molecule has 0 saturated heterocycles. The molecule has 7 nitrogen and oxygen atoms in total. The van der Waals surface area contributed by atoms with E-state index in [9.17, 15) is 18.0 Å². The molecule has 2 N–H and O–H groups in total. The van der Waals surface area contributed by atoms with Gasteiger partial charge >= 0.3 is 0 Å². The first-order chi connectivity index (χ1) is 18.9. The Bertz CT molecular complexity index is 1830. The van der Waals surface area contributed by atoms with Crippen molar-refractivity contribution in [2.24, 2.45) is 0 Å². The number of sulfone groups is 1. The number of rotatable bonds is 6. The smallest absolute Gasteiger partial charge is 0.259 e. The zero-order valence-electron chi connectivity index (χ0n) is 20.9. The molecular weight excluding hydrogens is 510 g/mol. The molecule has 0 atom stereocenters. The van der Waals surface area contributed by atoms with Crippen LogP contribution in [-0.4, -0.2) is 31.8 Å². The number of anilines is 1. The molecule has 4 aromatic carbocycles. The largest absolute Gasteiger partial charge is 0.361 e. The van der Waals surface area contributed by atoms with Crippen molar-refractivity contribution in [2.45, 2.75) is 22.8 Å². The number of carbonyl (C=O) groups is 2. The quantitative estimate of drug-likeness (QED) is 0.315. The maximum absolute atomic E-state index is 13.7. The number of benzene rings is 4. The monoisotopic (exact) mass is 535 g/mol. The number of para-hydroxylation sites is 1. The second-order valence-electron chi connectivity index (χ2n) is 9.42. The Hall–Kier alpha value is -4.69. The summed E-state index contributed by atoms with van der Waals surface area (Å²) in [4.78, 5) is 31.5. The molecule has 8 heteroatoms. The average molecular weight is 536 g/mol. The molecule has 1 aliphatic heterocycles. The molecule has 0 aliphatic carbocycles.